The molecule has 2 rings (SSSR count). The van der Waals surface area contributed by atoms with Crippen LogP contribution < -0.4 is 10.2 Å². The van der Waals surface area contributed by atoms with E-state index in [1.165, 1.54) is 32.0 Å². The van der Waals surface area contributed by atoms with Crippen LogP contribution in [0.2, 0.25) is 0 Å². The summed E-state index contributed by atoms with van der Waals surface area (Å²) >= 11 is 0. The molecule has 1 unspecified atom stereocenters. The molecule has 1 aliphatic rings. The number of amides is 4. The summed E-state index contributed by atoms with van der Waals surface area (Å²) < 4.78 is 0. The van der Waals surface area contributed by atoms with Gasteiger partial charge in [-0.25, -0.2) is 9.69 Å². The number of benzene rings is 1. The molecule has 1 fully saturated rings. The Morgan fingerprint density at radius 2 is 1.95 bits per heavy atom. The van der Waals surface area contributed by atoms with Crippen LogP contribution in [0.3, 0.4) is 0 Å². The van der Waals surface area contributed by atoms with Crippen molar-refractivity contribution in [2.24, 2.45) is 5.92 Å². The molecule has 1 aromatic rings. The van der Waals surface area contributed by atoms with Gasteiger partial charge in [-0.3, -0.25) is 25.0 Å². The van der Waals surface area contributed by atoms with E-state index in [4.69, 9.17) is 0 Å². The number of nitrogens with zero attached hydrogens (tertiary/aromatic N) is 2. The number of carbonyl (C=O) groups excluding carboxylic acids is 3. The zero-order valence-corrected chi connectivity index (χ0v) is 10.7. The van der Waals surface area contributed by atoms with Crippen molar-refractivity contribution in [1.29, 1.82) is 0 Å². The zero-order valence-electron chi connectivity index (χ0n) is 10.7. The van der Waals surface area contributed by atoms with Gasteiger partial charge in [-0.15, -0.1) is 0 Å². The van der Waals surface area contributed by atoms with E-state index in [-0.39, 0.29) is 16.9 Å². The lowest BCUT2D eigenvalue weighted by Gasteiger charge is -2.29. The molecule has 1 N–H and O–H groups in total. The number of urea groups is 1. The molecule has 1 aromatic carbocycles. The summed E-state index contributed by atoms with van der Waals surface area (Å²) in [7, 11) is 0. The summed E-state index contributed by atoms with van der Waals surface area (Å²) in [6, 6.07) is 3.17. The third kappa shape index (κ3) is 2.00. The summed E-state index contributed by atoms with van der Waals surface area (Å²) in [5.74, 6) is -2.41. The van der Waals surface area contributed by atoms with Crippen molar-refractivity contribution in [2.45, 2.75) is 13.8 Å². The minimum atomic E-state index is -1.02. The third-order valence-electron chi connectivity index (χ3n) is 3.13. The molecule has 8 heteroatoms. The Balaban J connectivity index is 2.53. The standard InChI is InChI=1S/C12H11N3O5/c1-6-8(4-3-5-9(6)15(19)20)14-11(17)7(2)10(16)13-12(14)18/h3-5,7H,1-2H3,(H,13,16,18). The summed E-state index contributed by atoms with van der Waals surface area (Å²) in [4.78, 5) is 46.3. The maximum atomic E-state index is 12.1. The van der Waals surface area contributed by atoms with E-state index in [2.05, 4.69) is 0 Å². The SMILES string of the molecule is Cc1c(N2C(=O)NC(=O)C(C)C2=O)cccc1[N+](=O)[O-]. The van der Waals surface area contributed by atoms with Crippen LogP contribution in [0.5, 0.6) is 0 Å². The molecule has 1 heterocycles. The van der Waals surface area contributed by atoms with Gasteiger partial charge in [-0.1, -0.05) is 6.07 Å². The van der Waals surface area contributed by atoms with E-state index in [0.717, 1.165) is 4.90 Å². The van der Waals surface area contributed by atoms with Gasteiger partial charge in [0.1, 0.15) is 5.92 Å². The van der Waals surface area contributed by atoms with Crippen LogP contribution in [0, 0.1) is 23.0 Å². The van der Waals surface area contributed by atoms with Crippen molar-refractivity contribution in [1.82, 2.24) is 5.32 Å². The first-order chi connectivity index (χ1) is 9.34. The Labute approximate surface area is 113 Å². The zero-order chi connectivity index (χ0) is 15.0. The van der Waals surface area contributed by atoms with E-state index in [9.17, 15) is 24.5 Å². The minimum Gasteiger partial charge on any atom is -0.277 e. The molecular weight excluding hydrogens is 266 g/mol. The molecule has 1 saturated heterocycles. The predicted octanol–water partition coefficient (Wildman–Crippen LogP) is 1.12. The van der Waals surface area contributed by atoms with E-state index in [1.54, 1.807) is 0 Å². The van der Waals surface area contributed by atoms with E-state index < -0.39 is 28.7 Å². The molecule has 0 aromatic heterocycles. The van der Waals surface area contributed by atoms with Crippen LogP contribution in [0.1, 0.15) is 12.5 Å². The second-order valence-corrected chi connectivity index (χ2v) is 4.37. The van der Waals surface area contributed by atoms with Gasteiger partial charge in [-0.2, -0.15) is 0 Å². The molecule has 1 atom stereocenters. The molecule has 0 saturated carbocycles. The second kappa shape index (κ2) is 4.72. The van der Waals surface area contributed by atoms with Crippen molar-refractivity contribution in [2.75, 3.05) is 4.90 Å². The van der Waals surface area contributed by atoms with Gasteiger partial charge in [0.25, 0.3) is 5.69 Å². The number of rotatable bonds is 2. The molecule has 8 nitrogen and oxygen atoms in total. The highest BCUT2D eigenvalue weighted by molar-refractivity contribution is 6.27. The normalized spacial score (nSPS) is 19.0. The van der Waals surface area contributed by atoms with Crippen LogP contribution in [0.25, 0.3) is 0 Å². The van der Waals surface area contributed by atoms with Crippen molar-refractivity contribution in [3.05, 3.63) is 33.9 Å². The Hall–Kier alpha value is -2.77. The molecular formula is C12H11N3O5. The lowest BCUT2D eigenvalue weighted by Crippen LogP contribution is -2.57. The number of imide groups is 2. The van der Waals surface area contributed by atoms with Gasteiger partial charge in [0.05, 0.1) is 16.2 Å². The van der Waals surface area contributed by atoms with Gasteiger partial charge < -0.3 is 0 Å². The second-order valence-electron chi connectivity index (χ2n) is 4.37. The topological polar surface area (TPSA) is 110 Å². The summed E-state index contributed by atoms with van der Waals surface area (Å²) in [5.41, 5.74) is 0.0799. The van der Waals surface area contributed by atoms with Crippen LogP contribution in [0.15, 0.2) is 18.2 Å². The average molecular weight is 277 g/mol. The van der Waals surface area contributed by atoms with Gasteiger partial charge in [-0.05, 0) is 19.9 Å². The van der Waals surface area contributed by atoms with Gasteiger partial charge in [0.2, 0.25) is 11.8 Å². The molecule has 0 bridgehead atoms. The third-order valence-corrected chi connectivity index (χ3v) is 3.13. The smallest absolute Gasteiger partial charge is 0.277 e. The molecule has 0 radical (unpaired) electrons. The highest BCUT2D eigenvalue weighted by atomic mass is 16.6. The van der Waals surface area contributed by atoms with Crippen molar-refractivity contribution >= 4 is 29.2 Å². The van der Waals surface area contributed by atoms with Crippen molar-refractivity contribution < 1.29 is 19.3 Å². The fourth-order valence-corrected chi connectivity index (χ4v) is 1.96. The van der Waals surface area contributed by atoms with E-state index in [1.807, 2.05) is 5.32 Å². The van der Waals surface area contributed by atoms with Crippen molar-refractivity contribution in [3.8, 4) is 0 Å². The summed E-state index contributed by atoms with van der Waals surface area (Å²) in [6.45, 7) is 2.80. The Bertz CT molecular complexity index is 640. The van der Waals surface area contributed by atoms with Gasteiger partial charge in [0, 0.05) is 6.07 Å². The number of hydrogen-bond donors (Lipinski definition) is 1. The summed E-state index contributed by atoms with van der Waals surface area (Å²) in [6.07, 6.45) is 0. The molecule has 0 aliphatic carbocycles. The average Bonchev–Trinajstić information content (AvgIpc) is 2.37. The van der Waals surface area contributed by atoms with E-state index >= 15 is 0 Å². The number of nitro benzene ring substituents is 1. The molecule has 104 valence electrons. The first-order valence-corrected chi connectivity index (χ1v) is 5.77. The predicted molar refractivity (Wildman–Crippen MR) is 68.0 cm³/mol. The van der Waals surface area contributed by atoms with Gasteiger partial charge in [0.15, 0.2) is 0 Å². The highest BCUT2D eigenvalue weighted by Gasteiger charge is 2.39. The number of nitro groups is 1. The Morgan fingerprint density at radius 3 is 2.55 bits per heavy atom. The number of barbiturate groups is 1. The molecule has 4 amide bonds. The monoisotopic (exact) mass is 277 g/mol. The largest absolute Gasteiger partial charge is 0.335 e. The number of anilines is 1. The van der Waals surface area contributed by atoms with Crippen LogP contribution in [0.4, 0.5) is 16.2 Å². The lowest BCUT2D eigenvalue weighted by atomic mass is 10.0. The first kappa shape index (κ1) is 13.7. The quantitative estimate of drug-likeness (QED) is 0.495. The minimum absolute atomic E-state index is 0.0982. The summed E-state index contributed by atoms with van der Waals surface area (Å²) in [5, 5.41) is 12.9. The molecule has 0 spiro atoms. The van der Waals surface area contributed by atoms with Crippen LogP contribution in [-0.2, 0) is 9.59 Å². The Morgan fingerprint density at radius 1 is 1.30 bits per heavy atom. The molecule has 1 aliphatic heterocycles. The maximum absolute atomic E-state index is 12.1. The molecule has 20 heavy (non-hydrogen) atoms. The van der Waals surface area contributed by atoms with E-state index in [0.29, 0.717) is 0 Å². The lowest BCUT2D eigenvalue weighted by molar-refractivity contribution is -0.385. The highest BCUT2D eigenvalue weighted by Crippen LogP contribution is 2.30. The van der Waals surface area contributed by atoms with Crippen molar-refractivity contribution in [3.63, 3.8) is 0 Å². The fraction of sp³-hybridized carbons (Fsp3) is 0.250. The maximum Gasteiger partial charge on any atom is 0.335 e. The van der Waals surface area contributed by atoms with Crippen LogP contribution >= 0.6 is 0 Å². The Kier molecular flexibility index (Phi) is 3.23. The number of carbonyl (C=O) groups is 3. The fourth-order valence-electron chi connectivity index (χ4n) is 1.96. The van der Waals surface area contributed by atoms with Gasteiger partial charge >= 0.3 is 6.03 Å². The first-order valence-electron chi connectivity index (χ1n) is 5.77. The number of hydrogen-bond acceptors (Lipinski definition) is 5. The van der Waals surface area contributed by atoms with Crippen LogP contribution in [-0.4, -0.2) is 22.8 Å². The number of nitrogens with one attached hydrogen (secondary N) is 1.